The van der Waals surface area contributed by atoms with Gasteiger partial charge in [0.25, 0.3) is 0 Å². The first-order chi connectivity index (χ1) is 6.06. The number of rotatable bonds is 4. The lowest BCUT2D eigenvalue weighted by atomic mass is 10.4. The molecule has 1 aromatic heterocycles. The van der Waals surface area contributed by atoms with Crippen LogP contribution in [0.25, 0.3) is 0 Å². The van der Waals surface area contributed by atoms with E-state index in [9.17, 15) is 8.42 Å². The molecule has 13 heavy (non-hydrogen) atoms. The summed E-state index contributed by atoms with van der Waals surface area (Å²) >= 11 is 3.18. The van der Waals surface area contributed by atoms with Gasteiger partial charge in [0.2, 0.25) is 10.0 Å². The Morgan fingerprint density at radius 1 is 1.77 bits per heavy atom. The zero-order chi connectivity index (χ0) is 9.90. The normalized spacial score (nSPS) is 14.3. The SMILES string of the molecule is CC(CBr)NS(=O)(=O)c1cn[nH]c1. The predicted molar refractivity (Wildman–Crippen MR) is 52.2 cm³/mol. The fraction of sp³-hybridized carbons (Fsp3) is 0.500. The Morgan fingerprint density at radius 2 is 2.46 bits per heavy atom. The highest BCUT2D eigenvalue weighted by Crippen LogP contribution is 2.05. The first-order valence-electron chi connectivity index (χ1n) is 3.63. The molecule has 0 aliphatic heterocycles. The lowest BCUT2D eigenvalue weighted by Crippen LogP contribution is -2.33. The highest BCUT2D eigenvalue weighted by molar-refractivity contribution is 9.09. The van der Waals surface area contributed by atoms with Crippen molar-refractivity contribution < 1.29 is 8.42 Å². The maximum Gasteiger partial charge on any atom is 0.243 e. The second-order valence-corrected chi connectivity index (χ2v) is 4.97. The maximum atomic E-state index is 11.5. The second kappa shape index (κ2) is 4.21. The summed E-state index contributed by atoms with van der Waals surface area (Å²) < 4.78 is 25.4. The maximum absolute atomic E-state index is 11.5. The first-order valence-corrected chi connectivity index (χ1v) is 6.24. The van der Waals surface area contributed by atoms with Crippen LogP contribution in [0.5, 0.6) is 0 Å². The molecule has 7 heteroatoms. The van der Waals surface area contributed by atoms with E-state index < -0.39 is 10.0 Å². The third-order valence-electron chi connectivity index (χ3n) is 1.37. The largest absolute Gasteiger partial charge is 0.284 e. The summed E-state index contributed by atoms with van der Waals surface area (Å²) in [5.74, 6) is 0. The summed E-state index contributed by atoms with van der Waals surface area (Å²) in [6.45, 7) is 1.77. The van der Waals surface area contributed by atoms with Crippen LogP contribution in [0, 0.1) is 0 Å². The lowest BCUT2D eigenvalue weighted by molar-refractivity contribution is 0.571. The molecule has 0 spiro atoms. The number of aromatic amines is 1. The molecule has 0 saturated carbocycles. The van der Waals surface area contributed by atoms with E-state index in [0.29, 0.717) is 5.33 Å². The van der Waals surface area contributed by atoms with Gasteiger partial charge in [-0.1, -0.05) is 15.9 Å². The Labute approximate surface area is 85.1 Å². The van der Waals surface area contributed by atoms with Crippen molar-refractivity contribution in [2.45, 2.75) is 17.9 Å². The van der Waals surface area contributed by atoms with Crippen LogP contribution >= 0.6 is 15.9 Å². The van der Waals surface area contributed by atoms with E-state index in [1.54, 1.807) is 6.92 Å². The van der Waals surface area contributed by atoms with E-state index in [2.05, 4.69) is 30.8 Å². The molecular formula is C6H10BrN3O2S. The molecule has 0 aliphatic carbocycles. The van der Waals surface area contributed by atoms with Crippen molar-refractivity contribution in [1.82, 2.24) is 14.9 Å². The van der Waals surface area contributed by atoms with Crippen molar-refractivity contribution in [1.29, 1.82) is 0 Å². The summed E-state index contributed by atoms with van der Waals surface area (Å²) in [5.41, 5.74) is 0. The number of hydrogen-bond donors (Lipinski definition) is 2. The Hall–Kier alpha value is -0.400. The van der Waals surface area contributed by atoms with Crippen LogP contribution < -0.4 is 4.72 Å². The fourth-order valence-electron chi connectivity index (χ4n) is 0.750. The summed E-state index contributed by atoms with van der Waals surface area (Å²) in [6.07, 6.45) is 2.60. The van der Waals surface area contributed by atoms with Crippen LogP contribution in [0.15, 0.2) is 17.3 Å². The van der Waals surface area contributed by atoms with Crippen molar-refractivity contribution in [3.63, 3.8) is 0 Å². The zero-order valence-electron chi connectivity index (χ0n) is 6.99. The van der Waals surface area contributed by atoms with Crippen LogP contribution in [-0.2, 0) is 10.0 Å². The van der Waals surface area contributed by atoms with Gasteiger partial charge in [0.1, 0.15) is 4.90 Å². The molecule has 74 valence electrons. The van der Waals surface area contributed by atoms with Gasteiger partial charge < -0.3 is 0 Å². The van der Waals surface area contributed by atoms with Gasteiger partial charge >= 0.3 is 0 Å². The topological polar surface area (TPSA) is 74.8 Å². The van der Waals surface area contributed by atoms with Crippen molar-refractivity contribution in [2.24, 2.45) is 0 Å². The van der Waals surface area contributed by atoms with Crippen LogP contribution in [0.3, 0.4) is 0 Å². The Morgan fingerprint density at radius 3 is 2.92 bits per heavy atom. The Kier molecular flexibility index (Phi) is 3.46. The standard InChI is InChI=1S/C6H10BrN3O2S/c1-5(2-7)10-13(11,12)6-3-8-9-4-6/h3-5,10H,2H2,1H3,(H,8,9). The van der Waals surface area contributed by atoms with E-state index in [-0.39, 0.29) is 10.9 Å². The third kappa shape index (κ3) is 2.78. The van der Waals surface area contributed by atoms with E-state index >= 15 is 0 Å². The molecule has 0 fully saturated rings. The third-order valence-corrected chi connectivity index (χ3v) is 3.90. The van der Waals surface area contributed by atoms with Crippen molar-refractivity contribution in [2.75, 3.05) is 5.33 Å². The van der Waals surface area contributed by atoms with Crippen LogP contribution in [-0.4, -0.2) is 30.0 Å². The van der Waals surface area contributed by atoms with Crippen LogP contribution in [0.1, 0.15) is 6.92 Å². The zero-order valence-corrected chi connectivity index (χ0v) is 9.39. The number of alkyl halides is 1. The van der Waals surface area contributed by atoms with Gasteiger partial charge in [-0.3, -0.25) is 5.10 Å². The molecule has 0 aliphatic rings. The van der Waals surface area contributed by atoms with Gasteiger partial charge in [0.05, 0.1) is 6.20 Å². The molecule has 0 bridgehead atoms. The molecule has 1 unspecified atom stereocenters. The summed E-state index contributed by atoms with van der Waals surface area (Å²) in [7, 11) is -3.40. The quantitative estimate of drug-likeness (QED) is 0.779. The number of sulfonamides is 1. The lowest BCUT2D eigenvalue weighted by Gasteiger charge is -2.09. The second-order valence-electron chi connectivity index (χ2n) is 2.61. The van der Waals surface area contributed by atoms with Crippen molar-refractivity contribution in [3.8, 4) is 0 Å². The molecule has 0 saturated heterocycles. The molecule has 5 nitrogen and oxygen atoms in total. The smallest absolute Gasteiger partial charge is 0.243 e. The number of nitrogens with one attached hydrogen (secondary N) is 2. The summed E-state index contributed by atoms with van der Waals surface area (Å²) in [5, 5.41) is 6.59. The molecule has 1 aromatic rings. The van der Waals surface area contributed by atoms with Crippen LogP contribution in [0.2, 0.25) is 0 Å². The number of halogens is 1. The molecule has 1 atom stereocenters. The van der Waals surface area contributed by atoms with Gasteiger partial charge in [-0.05, 0) is 6.92 Å². The first kappa shape index (κ1) is 10.7. The predicted octanol–water partition coefficient (Wildman–Crippen LogP) is 0.471. The van der Waals surface area contributed by atoms with Crippen molar-refractivity contribution >= 4 is 26.0 Å². The number of nitrogens with zero attached hydrogens (tertiary/aromatic N) is 1. The molecule has 2 N–H and O–H groups in total. The monoisotopic (exact) mass is 267 g/mol. The minimum Gasteiger partial charge on any atom is -0.284 e. The number of hydrogen-bond acceptors (Lipinski definition) is 3. The average Bonchev–Trinajstić information content (AvgIpc) is 2.55. The summed E-state index contributed by atoms with van der Waals surface area (Å²) in [4.78, 5) is 0.153. The molecule has 1 heterocycles. The average molecular weight is 268 g/mol. The fourth-order valence-corrected chi connectivity index (χ4v) is 2.28. The molecule has 0 radical (unpaired) electrons. The highest BCUT2D eigenvalue weighted by atomic mass is 79.9. The minimum atomic E-state index is -3.40. The summed E-state index contributed by atoms with van der Waals surface area (Å²) in [6, 6.07) is -0.139. The van der Waals surface area contributed by atoms with Gasteiger partial charge in [0, 0.05) is 17.6 Å². The van der Waals surface area contributed by atoms with Gasteiger partial charge in [-0.2, -0.15) is 5.10 Å². The van der Waals surface area contributed by atoms with E-state index in [1.807, 2.05) is 0 Å². The molecule has 0 amide bonds. The number of H-pyrrole nitrogens is 1. The van der Waals surface area contributed by atoms with Crippen LogP contribution in [0.4, 0.5) is 0 Å². The highest BCUT2D eigenvalue weighted by Gasteiger charge is 2.17. The van der Waals surface area contributed by atoms with Gasteiger partial charge in [-0.15, -0.1) is 0 Å². The Bertz CT molecular complexity index is 348. The van der Waals surface area contributed by atoms with Gasteiger partial charge in [0.15, 0.2) is 0 Å². The minimum absolute atomic E-state index is 0.139. The number of aromatic nitrogens is 2. The molecular weight excluding hydrogens is 258 g/mol. The Balaban J connectivity index is 2.79. The molecule has 0 aromatic carbocycles. The van der Waals surface area contributed by atoms with Gasteiger partial charge in [-0.25, -0.2) is 13.1 Å². The van der Waals surface area contributed by atoms with E-state index in [1.165, 1.54) is 12.4 Å². The van der Waals surface area contributed by atoms with E-state index in [0.717, 1.165) is 0 Å². The molecule has 1 rings (SSSR count). The van der Waals surface area contributed by atoms with Crippen molar-refractivity contribution in [3.05, 3.63) is 12.4 Å². The van der Waals surface area contributed by atoms with E-state index in [4.69, 9.17) is 0 Å².